The quantitative estimate of drug-likeness (QED) is 0.398. The Bertz CT molecular complexity index is 489. The van der Waals surface area contributed by atoms with Crippen LogP contribution in [0.25, 0.3) is 0 Å². The predicted octanol–water partition coefficient (Wildman–Crippen LogP) is 1.72. The molecule has 0 aliphatic heterocycles. The second-order valence-electron chi connectivity index (χ2n) is 4.05. The van der Waals surface area contributed by atoms with Crippen molar-refractivity contribution in [3.63, 3.8) is 0 Å². The SMILES string of the molecule is COCCCOCCOc1cc([N+](=O)[O-])ccc1C(=O)O. The zero-order valence-electron chi connectivity index (χ0n) is 11.6. The Labute approximate surface area is 121 Å². The lowest BCUT2D eigenvalue weighted by Crippen LogP contribution is -2.11. The maximum atomic E-state index is 11.0. The van der Waals surface area contributed by atoms with Crippen molar-refractivity contribution in [1.82, 2.24) is 0 Å². The normalized spacial score (nSPS) is 10.3. The lowest BCUT2D eigenvalue weighted by Gasteiger charge is -2.09. The first-order valence-corrected chi connectivity index (χ1v) is 6.27. The highest BCUT2D eigenvalue weighted by molar-refractivity contribution is 5.91. The maximum absolute atomic E-state index is 11.0. The molecule has 0 fully saturated rings. The van der Waals surface area contributed by atoms with Crippen LogP contribution in [-0.4, -0.2) is 49.5 Å². The summed E-state index contributed by atoms with van der Waals surface area (Å²) in [6.45, 7) is 1.45. The Morgan fingerprint density at radius 2 is 2.05 bits per heavy atom. The molecule has 21 heavy (non-hydrogen) atoms. The Balaban J connectivity index is 2.53. The standard InChI is InChI=1S/C13H17NO7/c1-19-5-2-6-20-7-8-21-12-9-10(14(17)18)3-4-11(12)13(15)16/h3-4,9H,2,5-8H2,1H3,(H,15,16). The number of hydrogen-bond acceptors (Lipinski definition) is 6. The van der Waals surface area contributed by atoms with Crippen molar-refractivity contribution >= 4 is 11.7 Å². The molecule has 0 aromatic heterocycles. The number of nitro benzene ring substituents is 1. The van der Waals surface area contributed by atoms with Crippen LogP contribution in [0.15, 0.2) is 18.2 Å². The minimum atomic E-state index is -1.21. The van der Waals surface area contributed by atoms with Crippen LogP contribution < -0.4 is 4.74 Å². The van der Waals surface area contributed by atoms with Gasteiger partial charge in [0.05, 0.1) is 17.6 Å². The van der Waals surface area contributed by atoms with E-state index in [1.807, 2.05) is 0 Å². The van der Waals surface area contributed by atoms with Crippen molar-refractivity contribution in [2.75, 3.05) is 33.5 Å². The number of carbonyl (C=O) groups is 1. The smallest absolute Gasteiger partial charge is 0.339 e. The maximum Gasteiger partial charge on any atom is 0.339 e. The number of nitrogens with zero attached hydrogens (tertiary/aromatic N) is 1. The highest BCUT2D eigenvalue weighted by Gasteiger charge is 2.16. The molecule has 0 saturated heterocycles. The first kappa shape index (κ1) is 16.9. The van der Waals surface area contributed by atoms with E-state index in [0.717, 1.165) is 24.6 Å². The number of methoxy groups -OCH3 is 1. The van der Waals surface area contributed by atoms with Crippen molar-refractivity contribution in [1.29, 1.82) is 0 Å². The van der Waals surface area contributed by atoms with E-state index in [0.29, 0.717) is 13.2 Å². The van der Waals surface area contributed by atoms with Crippen molar-refractivity contribution in [3.8, 4) is 5.75 Å². The molecule has 0 unspecified atom stereocenters. The van der Waals surface area contributed by atoms with Crippen LogP contribution in [0.1, 0.15) is 16.8 Å². The van der Waals surface area contributed by atoms with Gasteiger partial charge >= 0.3 is 5.97 Å². The van der Waals surface area contributed by atoms with E-state index in [-0.39, 0.29) is 30.2 Å². The molecule has 0 bridgehead atoms. The van der Waals surface area contributed by atoms with Crippen LogP contribution in [0.5, 0.6) is 5.75 Å². The number of non-ortho nitro benzene ring substituents is 1. The van der Waals surface area contributed by atoms with Crippen LogP contribution in [0.2, 0.25) is 0 Å². The number of ether oxygens (including phenoxy) is 3. The molecule has 0 heterocycles. The van der Waals surface area contributed by atoms with E-state index < -0.39 is 10.9 Å². The second kappa shape index (κ2) is 8.88. The summed E-state index contributed by atoms with van der Waals surface area (Å²) in [5.74, 6) is -1.25. The Kier molecular flexibility index (Phi) is 7.13. The number of carboxylic acid groups (broad SMARTS) is 1. The number of benzene rings is 1. The third-order valence-electron chi connectivity index (χ3n) is 2.53. The summed E-state index contributed by atoms with van der Waals surface area (Å²) >= 11 is 0. The molecule has 0 radical (unpaired) electrons. The molecule has 0 aliphatic carbocycles. The summed E-state index contributed by atoms with van der Waals surface area (Å²) in [6.07, 6.45) is 0.744. The van der Waals surface area contributed by atoms with Gasteiger partial charge in [-0.2, -0.15) is 0 Å². The van der Waals surface area contributed by atoms with Gasteiger partial charge in [-0.15, -0.1) is 0 Å². The summed E-state index contributed by atoms with van der Waals surface area (Å²) in [4.78, 5) is 21.1. The van der Waals surface area contributed by atoms with Gasteiger partial charge in [0.15, 0.2) is 0 Å². The summed E-state index contributed by atoms with van der Waals surface area (Å²) < 4.78 is 15.4. The number of carboxylic acids is 1. The highest BCUT2D eigenvalue weighted by atomic mass is 16.6. The van der Waals surface area contributed by atoms with Gasteiger partial charge in [0, 0.05) is 26.4 Å². The minimum absolute atomic E-state index is 0.0443. The number of rotatable bonds is 10. The molecule has 8 heteroatoms. The van der Waals surface area contributed by atoms with E-state index in [1.54, 1.807) is 7.11 Å². The minimum Gasteiger partial charge on any atom is -0.490 e. The lowest BCUT2D eigenvalue weighted by atomic mass is 10.2. The number of aromatic carboxylic acids is 1. The van der Waals surface area contributed by atoms with Gasteiger partial charge in [0.2, 0.25) is 0 Å². The van der Waals surface area contributed by atoms with E-state index in [9.17, 15) is 14.9 Å². The molecule has 1 aromatic carbocycles. The molecule has 0 saturated carbocycles. The Morgan fingerprint density at radius 3 is 2.67 bits per heavy atom. The average Bonchev–Trinajstić information content (AvgIpc) is 2.45. The van der Waals surface area contributed by atoms with Gasteiger partial charge in [-0.3, -0.25) is 10.1 Å². The average molecular weight is 299 g/mol. The predicted molar refractivity (Wildman–Crippen MR) is 72.9 cm³/mol. The molecule has 8 nitrogen and oxygen atoms in total. The lowest BCUT2D eigenvalue weighted by molar-refractivity contribution is -0.384. The van der Waals surface area contributed by atoms with Crippen LogP contribution in [0.3, 0.4) is 0 Å². The molecule has 0 aliphatic rings. The van der Waals surface area contributed by atoms with E-state index in [2.05, 4.69) is 0 Å². The fourth-order valence-corrected chi connectivity index (χ4v) is 1.54. The third kappa shape index (κ3) is 5.76. The van der Waals surface area contributed by atoms with Gasteiger partial charge in [0.25, 0.3) is 5.69 Å². The summed E-state index contributed by atoms with van der Waals surface area (Å²) in [7, 11) is 1.60. The van der Waals surface area contributed by atoms with Crippen molar-refractivity contribution in [3.05, 3.63) is 33.9 Å². The van der Waals surface area contributed by atoms with Crippen LogP contribution in [-0.2, 0) is 9.47 Å². The zero-order valence-corrected chi connectivity index (χ0v) is 11.6. The fourth-order valence-electron chi connectivity index (χ4n) is 1.54. The van der Waals surface area contributed by atoms with Crippen LogP contribution >= 0.6 is 0 Å². The molecule has 116 valence electrons. The van der Waals surface area contributed by atoms with Crippen molar-refractivity contribution in [2.24, 2.45) is 0 Å². The van der Waals surface area contributed by atoms with Gasteiger partial charge in [-0.1, -0.05) is 0 Å². The van der Waals surface area contributed by atoms with E-state index in [4.69, 9.17) is 19.3 Å². The summed E-state index contributed by atoms with van der Waals surface area (Å²) in [5, 5.41) is 19.7. The molecule has 1 aromatic rings. The van der Waals surface area contributed by atoms with Crippen molar-refractivity contribution in [2.45, 2.75) is 6.42 Å². The van der Waals surface area contributed by atoms with Gasteiger partial charge in [-0.25, -0.2) is 4.79 Å². The molecule has 1 N–H and O–H groups in total. The van der Waals surface area contributed by atoms with E-state index in [1.165, 1.54) is 0 Å². The number of nitro groups is 1. The first-order valence-electron chi connectivity index (χ1n) is 6.27. The summed E-state index contributed by atoms with van der Waals surface area (Å²) in [6, 6.07) is 3.36. The zero-order chi connectivity index (χ0) is 15.7. The van der Waals surface area contributed by atoms with Crippen LogP contribution in [0.4, 0.5) is 5.69 Å². The molecule has 0 amide bonds. The topological polar surface area (TPSA) is 108 Å². The fraction of sp³-hybridized carbons (Fsp3) is 0.462. The summed E-state index contributed by atoms with van der Waals surface area (Å²) in [5.41, 5.74) is -0.351. The highest BCUT2D eigenvalue weighted by Crippen LogP contribution is 2.24. The van der Waals surface area contributed by atoms with Crippen molar-refractivity contribution < 1.29 is 29.0 Å². The monoisotopic (exact) mass is 299 g/mol. The first-order chi connectivity index (χ1) is 10.1. The van der Waals surface area contributed by atoms with E-state index >= 15 is 0 Å². The number of hydrogen-bond donors (Lipinski definition) is 1. The van der Waals surface area contributed by atoms with Gasteiger partial charge in [-0.05, 0) is 12.5 Å². The Morgan fingerprint density at radius 1 is 1.29 bits per heavy atom. The third-order valence-corrected chi connectivity index (χ3v) is 2.53. The molecular formula is C13H17NO7. The van der Waals surface area contributed by atoms with Gasteiger partial charge < -0.3 is 19.3 Å². The molecule has 0 atom stereocenters. The molecule has 0 spiro atoms. The van der Waals surface area contributed by atoms with Gasteiger partial charge in [0.1, 0.15) is 17.9 Å². The Hall–Kier alpha value is -2.19. The van der Waals surface area contributed by atoms with Crippen LogP contribution in [0, 0.1) is 10.1 Å². The molecular weight excluding hydrogens is 282 g/mol. The second-order valence-corrected chi connectivity index (χ2v) is 4.05. The molecule has 1 rings (SSSR count). The largest absolute Gasteiger partial charge is 0.490 e.